The van der Waals surface area contributed by atoms with Gasteiger partial charge < -0.3 is 14.2 Å². The van der Waals surface area contributed by atoms with Gasteiger partial charge in [-0.3, -0.25) is 9.59 Å². The largest absolute Gasteiger partial charge is 0.466 e. The van der Waals surface area contributed by atoms with Gasteiger partial charge >= 0.3 is 11.9 Å². The molecule has 0 fully saturated rings. The Labute approximate surface area is 302 Å². The first-order chi connectivity index (χ1) is 23.6. The van der Waals surface area contributed by atoms with Crippen molar-refractivity contribution >= 4 is 23.5 Å². The first-order valence-corrected chi connectivity index (χ1v) is 21.0. The van der Waals surface area contributed by atoms with Gasteiger partial charge in [0.15, 0.2) is 0 Å². The van der Waals surface area contributed by atoms with Crippen molar-refractivity contribution in [1.29, 1.82) is 0 Å². The molecule has 0 saturated heterocycles. The van der Waals surface area contributed by atoms with E-state index in [1.54, 1.807) is 0 Å². The van der Waals surface area contributed by atoms with Crippen molar-refractivity contribution < 1.29 is 23.8 Å². The lowest BCUT2D eigenvalue weighted by Gasteiger charge is -2.15. The van der Waals surface area contributed by atoms with Crippen LogP contribution in [0.5, 0.6) is 0 Å². The van der Waals surface area contributed by atoms with E-state index in [0.29, 0.717) is 13.2 Å². The van der Waals surface area contributed by atoms with Crippen LogP contribution in [0, 0.1) is 0 Å². The van der Waals surface area contributed by atoms with Crippen LogP contribution in [0.25, 0.3) is 0 Å². The standard InChI is InChI=1S/C42H77ClO5/c1-3-5-7-9-11-13-15-17-19-21-23-25-27-29-31-33-35-46-41(44)37-40(48-39-43)38-42(45)47-36-34-32-30-28-26-24-22-20-18-16-14-12-10-8-6-4-2/h17-20,40H,3-16,21-39H2,1-2H3/b19-17-,20-18-. The lowest BCUT2D eigenvalue weighted by molar-refractivity contribution is -0.150. The summed E-state index contributed by atoms with van der Waals surface area (Å²) in [4.78, 5) is 24.6. The van der Waals surface area contributed by atoms with Crippen LogP contribution in [0.15, 0.2) is 24.3 Å². The number of halogens is 1. The fourth-order valence-corrected chi connectivity index (χ4v) is 6.02. The smallest absolute Gasteiger partial charge is 0.308 e. The third-order valence-electron chi connectivity index (χ3n) is 8.93. The van der Waals surface area contributed by atoms with Gasteiger partial charge in [-0.25, -0.2) is 0 Å². The van der Waals surface area contributed by atoms with Crippen molar-refractivity contribution in [2.75, 3.05) is 19.3 Å². The van der Waals surface area contributed by atoms with E-state index < -0.39 is 6.10 Å². The van der Waals surface area contributed by atoms with Crippen LogP contribution in [0.2, 0.25) is 0 Å². The highest BCUT2D eigenvalue weighted by Crippen LogP contribution is 2.13. The lowest BCUT2D eigenvalue weighted by Crippen LogP contribution is -2.24. The van der Waals surface area contributed by atoms with Crippen molar-refractivity contribution in [2.24, 2.45) is 0 Å². The maximum Gasteiger partial charge on any atom is 0.308 e. The van der Waals surface area contributed by atoms with Crippen LogP contribution in [0.1, 0.15) is 206 Å². The number of unbranched alkanes of at least 4 members (excludes halogenated alkanes) is 24. The summed E-state index contributed by atoms with van der Waals surface area (Å²) in [6.07, 6.45) is 43.7. The van der Waals surface area contributed by atoms with E-state index in [1.165, 1.54) is 154 Å². The maximum atomic E-state index is 12.3. The SMILES string of the molecule is CCCCCCCC/C=C\CCCCCCCCOC(=O)CC(CC(=O)OCCCCCCCC/C=C\CCCCCCCC)OCCl. The molecule has 0 unspecified atom stereocenters. The molecule has 0 aromatic carbocycles. The summed E-state index contributed by atoms with van der Waals surface area (Å²) < 4.78 is 16.2. The Morgan fingerprint density at radius 3 is 1.06 bits per heavy atom. The fraction of sp³-hybridized carbons (Fsp3) is 0.857. The molecule has 0 atom stereocenters. The van der Waals surface area contributed by atoms with Crippen LogP contribution >= 0.6 is 11.6 Å². The van der Waals surface area contributed by atoms with Crippen molar-refractivity contribution in [3.05, 3.63) is 24.3 Å². The molecule has 0 aliphatic rings. The number of allylic oxidation sites excluding steroid dienone is 4. The van der Waals surface area contributed by atoms with Gasteiger partial charge in [0.1, 0.15) is 6.07 Å². The minimum absolute atomic E-state index is 0.0163. The summed E-state index contributed by atoms with van der Waals surface area (Å²) in [5, 5.41) is 0. The molecule has 5 nitrogen and oxygen atoms in total. The molecule has 0 bridgehead atoms. The van der Waals surface area contributed by atoms with Crippen molar-refractivity contribution in [3.63, 3.8) is 0 Å². The minimum atomic E-state index is -0.609. The second kappa shape index (κ2) is 40.1. The van der Waals surface area contributed by atoms with Crippen LogP contribution in [0.4, 0.5) is 0 Å². The van der Waals surface area contributed by atoms with E-state index in [1.807, 2.05) is 0 Å². The molecule has 0 radical (unpaired) electrons. The summed E-state index contributed by atoms with van der Waals surface area (Å²) >= 11 is 5.74. The van der Waals surface area contributed by atoms with Crippen LogP contribution in [-0.2, 0) is 23.8 Å². The normalized spacial score (nSPS) is 11.8. The second-order valence-corrected chi connectivity index (χ2v) is 13.8. The summed E-state index contributed by atoms with van der Waals surface area (Å²) in [5.74, 6) is -0.696. The van der Waals surface area contributed by atoms with Crippen molar-refractivity contribution in [3.8, 4) is 0 Å². The molecule has 0 saturated carbocycles. The topological polar surface area (TPSA) is 61.8 Å². The zero-order chi connectivity index (χ0) is 35.0. The molecule has 0 spiro atoms. The van der Waals surface area contributed by atoms with Gasteiger partial charge in [0.2, 0.25) is 0 Å². The van der Waals surface area contributed by atoms with Crippen LogP contribution in [-0.4, -0.2) is 37.3 Å². The van der Waals surface area contributed by atoms with Gasteiger partial charge in [-0.2, -0.15) is 0 Å². The molecular formula is C42H77ClO5. The summed E-state index contributed by atoms with van der Waals surface area (Å²) in [6.45, 7) is 5.35. The Hall–Kier alpha value is -1.33. The third kappa shape index (κ3) is 37.5. The molecule has 0 aromatic heterocycles. The molecule has 0 N–H and O–H groups in total. The molecule has 0 aliphatic carbocycles. The molecular weight excluding hydrogens is 620 g/mol. The van der Waals surface area contributed by atoms with Gasteiger partial charge in [0.25, 0.3) is 0 Å². The number of ether oxygens (including phenoxy) is 3. The zero-order valence-electron chi connectivity index (χ0n) is 31.6. The average molecular weight is 698 g/mol. The molecule has 48 heavy (non-hydrogen) atoms. The van der Waals surface area contributed by atoms with E-state index in [4.69, 9.17) is 25.8 Å². The van der Waals surface area contributed by atoms with Crippen molar-refractivity contribution in [2.45, 2.75) is 213 Å². The Morgan fingerprint density at radius 1 is 0.458 bits per heavy atom. The molecule has 0 amide bonds. The summed E-state index contributed by atoms with van der Waals surface area (Å²) in [7, 11) is 0. The Kier molecular flexibility index (Phi) is 39.0. The van der Waals surface area contributed by atoms with Crippen molar-refractivity contribution in [1.82, 2.24) is 0 Å². The quantitative estimate of drug-likeness (QED) is 0.0278. The first kappa shape index (κ1) is 46.7. The van der Waals surface area contributed by atoms with E-state index in [2.05, 4.69) is 38.2 Å². The molecule has 0 aromatic rings. The molecule has 0 rings (SSSR count). The fourth-order valence-electron chi connectivity index (χ4n) is 5.84. The first-order valence-electron chi connectivity index (χ1n) is 20.4. The monoisotopic (exact) mass is 697 g/mol. The number of hydrogen-bond acceptors (Lipinski definition) is 5. The lowest BCUT2D eigenvalue weighted by atomic mass is 10.1. The molecule has 282 valence electrons. The third-order valence-corrected chi connectivity index (χ3v) is 9.05. The predicted molar refractivity (Wildman–Crippen MR) is 206 cm³/mol. The van der Waals surface area contributed by atoms with Gasteiger partial charge in [0, 0.05) is 0 Å². The minimum Gasteiger partial charge on any atom is -0.466 e. The summed E-state index contributed by atoms with van der Waals surface area (Å²) in [5.41, 5.74) is 0. The highest BCUT2D eigenvalue weighted by Gasteiger charge is 2.20. The summed E-state index contributed by atoms with van der Waals surface area (Å²) in [6, 6.07) is -0.0743. The van der Waals surface area contributed by atoms with E-state index >= 15 is 0 Å². The van der Waals surface area contributed by atoms with Crippen LogP contribution in [0.3, 0.4) is 0 Å². The second-order valence-electron chi connectivity index (χ2n) is 13.6. The molecule has 6 heteroatoms. The molecule has 0 aliphatic heterocycles. The maximum absolute atomic E-state index is 12.3. The molecule has 0 heterocycles. The Bertz CT molecular complexity index is 680. The average Bonchev–Trinajstić information content (AvgIpc) is 3.07. The number of carbonyl (C=O) groups excluding carboxylic acids is 2. The number of esters is 2. The highest BCUT2D eigenvalue weighted by molar-refractivity contribution is 6.17. The zero-order valence-corrected chi connectivity index (χ0v) is 32.4. The van der Waals surface area contributed by atoms with E-state index in [9.17, 15) is 9.59 Å². The predicted octanol–water partition coefficient (Wildman–Crippen LogP) is 13.5. The van der Waals surface area contributed by atoms with Gasteiger partial charge in [-0.15, -0.1) is 0 Å². The van der Waals surface area contributed by atoms with Gasteiger partial charge in [0.05, 0.1) is 32.2 Å². The number of hydrogen-bond donors (Lipinski definition) is 0. The van der Waals surface area contributed by atoms with Gasteiger partial charge in [-0.1, -0.05) is 165 Å². The number of carbonyl (C=O) groups is 2. The Balaban J connectivity index is 3.64. The van der Waals surface area contributed by atoms with Gasteiger partial charge in [-0.05, 0) is 64.2 Å². The van der Waals surface area contributed by atoms with E-state index in [-0.39, 0.29) is 30.8 Å². The number of rotatable bonds is 38. The van der Waals surface area contributed by atoms with E-state index in [0.717, 1.165) is 25.7 Å². The number of alkyl halides is 1. The highest BCUT2D eigenvalue weighted by atomic mass is 35.5. The van der Waals surface area contributed by atoms with Crippen LogP contribution < -0.4 is 0 Å². The Morgan fingerprint density at radius 2 is 0.750 bits per heavy atom.